The highest BCUT2D eigenvalue weighted by Gasteiger charge is 2.28. The number of rotatable bonds is 2. The van der Waals surface area contributed by atoms with Crippen LogP contribution in [0.2, 0.25) is 0 Å². The molecule has 0 saturated carbocycles. The summed E-state index contributed by atoms with van der Waals surface area (Å²) in [5, 5.41) is 16.6. The maximum Gasteiger partial charge on any atom is 0.244 e. The second kappa shape index (κ2) is 4.51. The van der Waals surface area contributed by atoms with Crippen LogP contribution in [0.3, 0.4) is 0 Å². The molecule has 1 saturated heterocycles. The third kappa shape index (κ3) is 2.02. The van der Waals surface area contributed by atoms with Gasteiger partial charge in [-0.25, -0.2) is 0 Å². The van der Waals surface area contributed by atoms with Crippen LogP contribution in [0.5, 0.6) is 0 Å². The van der Waals surface area contributed by atoms with Gasteiger partial charge in [0.05, 0.1) is 12.1 Å². The van der Waals surface area contributed by atoms with Gasteiger partial charge < -0.3 is 14.9 Å². The number of benzene rings is 1. The molecular weight excluding hydrogens is 230 g/mol. The third-order valence-corrected chi connectivity index (χ3v) is 3.23. The highest BCUT2D eigenvalue weighted by Crippen LogP contribution is 2.25. The van der Waals surface area contributed by atoms with E-state index in [0.29, 0.717) is 24.7 Å². The molecule has 0 aliphatic carbocycles. The Morgan fingerprint density at radius 3 is 2.94 bits per heavy atom. The molecule has 0 bridgehead atoms. The third-order valence-electron chi connectivity index (χ3n) is 3.23. The summed E-state index contributed by atoms with van der Waals surface area (Å²) >= 11 is 0. The molecule has 1 aromatic heterocycles. The maximum absolute atomic E-state index is 9.48. The standard InChI is InChI=1S/C13H15N3O2/c1-8-4-2-3-5-10(8)12-15-13(18-16-12)11-6-9(17)7-14-11/h2-5,9,11,14,17H,6-7H2,1H3/t9-,11-/m1/s1. The summed E-state index contributed by atoms with van der Waals surface area (Å²) in [6.07, 6.45) is 0.291. The fourth-order valence-electron chi connectivity index (χ4n) is 2.22. The molecule has 0 spiro atoms. The molecule has 2 aromatic rings. The summed E-state index contributed by atoms with van der Waals surface area (Å²) in [4.78, 5) is 4.41. The molecule has 1 aliphatic rings. The van der Waals surface area contributed by atoms with Gasteiger partial charge in [0.1, 0.15) is 0 Å². The average molecular weight is 245 g/mol. The number of aliphatic hydroxyl groups excluding tert-OH is 1. The summed E-state index contributed by atoms with van der Waals surface area (Å²) in [5.74, 6) is 1.15. The molecule has 2 N–H and O–H groups in total. The highest BCUT2D eigenvalue weighted by atomic mass is 16.5. The molecule has 18 heavy (non-hydrogen) atoms. The van der Waals surface area contributed by atoms with E-state index in [2.05, 4.69) is 15.5 Å². The zero-order chi connectivity index (χ0) is 12.5. The van der Waals surface area contributed by atoms with E-state index >= 15 is 0 Å². The van der Waals surface area contributed by atoms with Crippen molar-refractivity contribution in [2.45, 2.75) is 25.5 Å². The molecule has 2 atom stereocenters. The van der Waals surface area contributed by atoms with Crippen molar-refractivity contribution < 1.29 is 9.63 Å². The van der Waals surface area contributed by atoms with Gasteiger partial charge in [-0.15, -0.1) is 0 Å². The van der Waals surface area contributed by atoms with E-state index in [1.54, 1.807) is 0 Å². The normalized spacial score (nSPS) is 23.4. The van der Waals surface area contributed by atoms with Crippen molar-refractivity contribution >= 4 is 0 Å². The number of β-amino-alcohol motifs (C(OH)–C–C–N with tert-alkyl or cyclic N) is 1. The first-order valence-electron chi connectivity index (χ1n) is 6.05. The zero-order valence-corrected chi connectivity index (χ0v) is 10.1. The van der Waals surface area contributed by atoms with Crippen LogP contribution in [0, 0.1) is 6.92 Å². The van der Waals surface area contributed by atoms with E-state index in [0.717, 1.165) is 11.1 Å². The van der Waals surface area contributed by atoms with E-state index in [4.69, 9.17) is 4.52 Å². The van der Waals surface area contributed by atoms with Gasteiger partial charge in [0.2, 0.25) is 11.7 Å². The largest absolute Gasteiger partial charge is 0.392 e. The fraction of sp³-hybridized carbons (Fsp3) is 0.385. The van der Waals surface area contributed by atoms with Gasteiger partial charge in [-0.1, -0.05) is 29.4 Å². The Labute approximate surface area is 105 Å². The van der Waals surface area contributed by atoms with Gasteiger partial charge in [0, 0.05) is 12.1 Å². The molecule has 1 fully saturated rings. The Morgan fingerprint density at radius 1 is 1.39 bits per heavy atom. The van der Waals surface area contributed by atoms with Crippen LogP contribution in [0.1, 0.15) is 23.9 Å². The van der Waals surface area contributed by atoms with Crippen molar-refractivity contribution in [2.24, 2.45) is 0 Å². The van der Waals surface area contributed by atoms with Crippen LogP contribution in [-0.4, -0.2) is 27.9 Å². The first-order chi connectivity index (χ1) is 8.74. The monoisotopic (exact) mass is 245 g/mol. The Hall–Kier alpha value is -1.72. The molecule has 5 heteroatoms. The molecule has 3 rings (SSSR count). The number of aryl methyl sites for hydroxylation is 1. The smallest absolute Gasteiger partial charge is 0.244 e. The number of nitrogens with one attached hydrogen (secondary N) is 1. The number of hydrogen-bond donors (Lipinski definition) is 2. The SMILES string of the molecule is Cc1ccccc1-c1noc([C@H]2C[C@@H](O)CN2)n1. The minimum absolute atomic E-state index is 0.0368. The second-order valence-corrected chi connectivity index (χ2v) is 4.62. The lowest BCUT2D eigenvalue weighted by Crippen LogP contribution is -2.15. The predicted octanol–water partition coefficient (Wildman–Crippen LogP) is 1.44. The van der Waals surface area contributed by atoms with Gasteiger partial charge in [0.15, 0.2) is 0 Å². The van der Waals surface area contributed by atoms with Crippen molar-refractivity contribution in [2.75, 3.05) is 6.54 Å². The first kappa shape index (κ1) is 11.4. The molecule has 1 aliphatic heterocycles. The van der Waals surface area contributed by atoms with Gasteiger partial charge in [-0.2, -0.15) is 4.98 Å². The van der Waals surface area contributed by atoms with Crippen molar-refractivity contribution in [1.82, 2.24) is 15.5 Å². The lowest BCUT2D eigenvalue weighted by atomic mass is 10.1. The lowest BCUT2D eigenvalue weighted by Gasteiger charge is -2.02. The van der Waals surface area contributed by atoms with Crippen LogP contribution < -0.4 is 5.32 Å². The van der Waals surface area contributed by atoms with Crippen LogP contribution in [0.4, 0.5) is 0 Å². The van der Waals surface area contributed by atoms with E-state index < -0.39 is 0 Å². The predicted molar refractivity (Wildman–Crippen MR) is 65.8 cm³/mol. The van der Waals surface area contributed by atoms with E-state index in [1.807, 2.05) is 31.2 Å². The quantitative estimate of drug-likeness (QED) is 0.837. The number of aliphatic hydroxyl groups is 1. The molecule has 94 valence electrons. The van der Waals surface area contributed by atoms with Gasteiger partial charge in [-0.3, -0.25) is 0 Å². The van der Waals surface area contributed by atoms with E-state index in [9.17, 15) is 5.11 Å². The number of hydrogen-bond acceptors (Lipinski definition) is 5. The lowest BCUT2D eigenvalue weighted by molar-refractivity contribution is 0.191. The maximum atomic E-state index is 9.48. The molecule has 0 radical (unpaired) electrons. The Bertz CT molecular complexity index is 553. The first-order valence-corrected chi connectivity index (χ1v) is 6.05. The van der Waals surface area contributed by atoms with Crippen molar-refractivity contribution in [1.29, 1.82) is 0 Å². The van der Waals surface area contributed by atoms with Crippen molar-refractivity contribution in [3.63, 3.8) is 0 Å². The zero-order valence-electron chi connectivity index (χ0n) is 10.1. The summed E-state index contributed by atoms with van der Waals surface area (Å²) in [6, 6.07) is 7.89. The van der Waals surface area contributed by atoms with Crippen molar-refractivity contribution in [3.05, 3.63) is 35.7 Å². The fourth-order valence-corrected chi connectivity index (χ4v) is 2.22. The van der Waals surface area contributed by atoms with Crippen LogP contribution in [-0.2, 0) is 0 Å². The molecule has 0 unspecified atom stereocenters. The Kier molecular flexibility index (Phi) is 2.85. The molecular formula is C13H15N3O2. The average Bonchev–Trinajstić information content (AvgIpc) is 2.98. The van der Waals surface area contributed by atoms with Crippen molar-refractivity contribution in [3.8, 4) is 11.4 Å². The summed E-state index contributed by atoms with van der Waals surface area (Å²) in [5.41, 5.74) is 2.09. The van der Waals surface area contributed by atoms with E-state index in [-0.39, 0.29) is 12.1 Å². The summed E-state index contributed by atoms with van der Waals surface area (Å²) in [7, 11) is 0. The minimum Gasteiger partial charge on any atom is -0.392 e. The minimum atomic E-state index is -0.330. The summed E-state index contributed by atoms with van der Waals surface area (Å²) in [6.45, 7) is 2.59. The van der Waals surface area contributed by atoms with Crippen LogP contribution in [0.15, 0.2) is 28.8 Å². The molecule has 5 nitrogen and oxygen atoms in total. The topological polar surface area (TPSA) is 71.2 Å². The number of aromatic nitrogens is 2. The van der Waals surface area contributed by atoms with E-state index in [1.165, 1.54) is 0 Å². The molecule has 1 aromatic carbocycles. The summed E-state index contributed by atoms with van der Waals surface area (Å²) < 4.78 is 5.27. The van der Waals surface area contributed by atoms with Crippen LogP contribution in [0.25, 0.3) is 11.4 Å². The van der Waals surface area contributed by atoms with Crippen LogP contribution >= 0.6 is 0 Å². The molecule has 0 amide bonds. The van der Waals surface area contributed by atoms with Gasteiger partial charge in [0.25, 0.3) is 0 Å². The molecule has 2 heterocycles. The Morgan fingerprint density at radius 2 is 2.22 bits per heavy atom. The van der Waals surface area contributed by atoms with Gasteiger partial charge >= 0.3 is 0 Å². The second-order valence-electron chi connectivity index (χ2n) is 4.62. The number of nitrogens with zero attached hydrogens (tertiary/aromatic N) is 2. The highest BCUT2D eigenvalue weighted by molar-refractivity contribution is 5.58. The van der Waals surface area contributed by atoms with Gasteiger partial charge in [-0.05, 0) is 18.9 Å². The Balaban J connectivity index is 1.88.